The highest BCUT2D eigenvalue weighted by molar-refractivity contribution is 6.17. The van der Waals surface area contributed by atoms with Crippen molar-refractivity contribution in [3.05, 3.63) is 23.8 Å². The molecule has 2 nitrogen and oxygen atoms in total. The van der Waals surface area contributed by atoms with Crippen LogP contribution in [-0.4, -0.2) is 13.2 Å². The van der Waals surface area contributed by atoms with Gasteiger partial charge in [0.2, 0.25) is 0 Å². The van der Waals surface area contributed by atoms with Crippen molar-refractivity contribution >= 4 is 11.6 Å². The molecule has 3 heteroatoms. The van der Waals surface area contributed by atoms with Crippen LogP contribution in [0.4, 0.5) is 0 Å². The Hall–Kier alpha value is -0.890. The zero-order valence-electron chi connectivity index (χ0n) is 10.1. The van der Waals surface area contributed by atoms with Crippen LogP contribution in [-0.2, 0) is 5.88 Å². The number of alkyl halides is 1. The van der Waals surface area contributed by atoms with Gasteiger partial charge < -0.3 is 9.47 Å². The first kappa shape index (κ1) is 13.2. The summed E-state index contributed by atoms with van der Waals surface area (Å²) in [6.45, 7) is 4.22. The normalized spacial score (nSPS) is 12.2. The second-order valence-corrected chi connectivity index (χ2v) is 4.09. The number of hydrogen-bond donors (Lipinski definition) is 0. The third kappa shape index (κ3) is 3.60. The Morgan fingerprint density at radius 2 is 2.12 bits per heavy atom. The second kappa shape index (κ2) is 6.64. The molecule has 0 aromatic heterocycles. The molecule has 1 atom stereocenters. The fraction of sp³-hybridized carbons (Fsp3) is 0.538. The van der Waals surface area contributed by atoms with Crippen molar-refractivity contribution in [2.75, 3.05) is 7.11 Å². The van der Waals surface area contributed by atoms with E-state index in [9.17, 15) is 0 Å². The van der Waals surface area contributed by atoms with E-state index in [1.165, 1.54) is 0 Å². The summed E-state index contributed by atoms with van der Waals surface area (Å²) in [5.41, 5.74) is 1.01. The molecule has 0 aliphatic rings. The highest BCUT2D eigenvalue weighted by Crippen LogP contribution is 2.27. The van der Waals surface area contributed by atoms with Crippen molar-refractivity contribution in [2.24, 2.45) is 0 Å². The lowest BCUT2D eigenvalue weighted by Gasteiger charge is -2.17. The van der Waals surface area contributed by atoms with Gasteiger partial charge in [0.25, 0.3) is 0 Å². The number of rotatable bonds is 6. The average molecular weight is 243 g/mol. The molecule has 0 radical (unpaired) electrons. The maximum atomic E-state index is 5.87. The summed E-state index contributed by atoms with van der Waals surface area (Å²) < 4.78 is 11.0. The Labute approximate surface area is 103 Å². The van der Waals surface area contributed by atoms with Gasteiger partial charge in [-0.3, -0.25) is 0 Å². The first-order valence-corrected chi connectivity index (χ1v) is 6.14. The van der Waals surface area contributed by atoms with Crippen LogP contribution in [0.15, 0.2) is 18.2 Å². The van der Waals surface area contributed by atoms with Crippen molar-refractivity contribution < 1.29 is 9.47 Å². The molecule has 1 aromatic rings. The molecule has 0 amide bonds. The zero-order valence-corrected chi connectivity index (χ0v) is 10.9. The summed E-state index contributed by atoms with van der Waals surface area (Å²) in [5, 5.41) is 0. The summed E-state index contributed by atoms with van der Waals surface area (Å²) in [4.78, 5) is 0. The molecular weight excluding hydrogens is 224 g/mol. The first-order valence-electron chi connectivity index (χ1n) is 5.60. The molecular formula is C13H19ClO2. The van der Waals surface area contributed by atoms with Gasteiger partial charge in [0.1, 0.15) is 11.5 Å². The van der Waals surface area contributed by atoms with Gasteiger partial charge >= 0.3 is 0 Å². The number of ether oxygens (including phenoxy) is 2. The van der Waals surface area contributed by atoms with Crippen molar-refractivity contribution in [2.45, 2.75) is 38.7 Å². The lowest BCUT2D eigenvalue weighted by Crippen LogP contribution is -2.12. The number of hydrogen-bond acceptors (Lipinski definition) is 2. The maximum Gasteiger partial charge on any atom is 0.127 e. The second-order valence-electron chi connectivity index (χ2n) is 3.82. The zero-order chi connectivity index (χ0) is 12.0. The Morgan fingerprint density at radius 1 is 1.38 bits per heavy atom. The maximum absolute atomic E-state index is 5.87. The molecule has 0 saturated heterocycles. The predicted octanol–water partition coefficient (Wildman–Crippen LogP) is 4.00. The predicted molar refractivity (Wildman–Crippen MR) is 67.5 cm³/mol. The van der Waals surface area contributed by atoms with E-state index in [0.717, 1.165) is 29.9 Å². The van der Waals surface area contributed by atoms with Gasteiger partial charge in [0.15, 0.2) is 0 Å². The lowest BCUT2D eigenvalue weighted by molar-refractivity contribution is 0.207. The number of halogens is 1. The Kier molecular flexibility index (Phi) is 5.47. The van der Waals surface area contributed by atoms with E-state index in [2.05, 4.69) is 13.8 Å². The quantitative estimate of drug-likeness (QED) is 0.702. The molecule has 0 aliphatic carbocycles. The van der Waals surface area contributed by atoms with Gasteiger partial charge in [-0.1, -0.05) is 19.4 Å². The molecule has 1 unspecified atom stereocenters. The summed E-state index contributed by atoms with van der Waals surface area (Å²) >= 11 is 5.87. The standard InChI is InChI=1S/C13H19ClO2/c1-4-5-10(2)16-13-8-12(15-3)7-6-11(13)9-14/h6-8,10H,4-5,9H2,1-3H3. The highest BCUT2D eigenvalue weighted by atomic mass is 35.5. The van der Waals surface area contributed by atoms with E-state index < -0.39 is 0 Å². The van der Waals surface area contributed by atoms with Crippen LogP contribution < -0.4 is 9.47 Å². The molecule has 1 aromatic carbocycles. The summed E-state index contributed by atoms with van der Waals surface area (Å²) in [5.74, 6) is 2.08. The Balaban J connectivity index is 2.82. The molecule has 16 heavy (non-hydrogen) atoms. The van der Waals surface area contributed by atoms with Crippen molar-refractivity contribution in [3.8, 4) is 11.5 Å². The molecule has 0 saturated carbocycles. The Morgan fingerprint density at radius 3 is 2.69 bits per heavy atom. The molecule has 0 fully saturated rings. The molecule has 0 N–H and O–H groups in total. The molecule has 90 valence electrons. The number of benzene rings is 1. The fourth-order valence-corrected chi connectivity index (χ4v) is 1.78. The smallest absolute Gasteiger partial charge is 0.127 e. The van der Waals surface area contributed by atoms with Crippen LogP contribution in [0.2, 0.25) is 0 Å². The van der Waals surface area contributed by atoms with Gasteiger partial charge in [0.05, 0.1) is 19.1 Å². The minimum atomic E-state index is 0.207. The van der Waals surface area contributed by atoms with Gasteiger partial charge in [-0.25, -0.2) is 0 Å². The topological polar surface area (TPSA) is 18.5 Å². The van der Waals surface area contributed by atoms with Crippen molar-refractivity contribution in [1.82, 2.24) is 0 Å². The van der Waals surface area contributed by atoms with Gasteiger partial charge in [-0.15, -0.1) is 11.6 Å². The minimum absolute atomic E-state index is 0.207. The van der Waals surface area contributed by atoms with Gasteiger partial charge in [-0.05, 0) is 19.4 Å². The van der Waals surface area contributed by atoms with Crippen LogP contribution >= 0.6 is 11.6 Å². The van der Waals surface area contributed by atoms with E-state index in [1.54, 1.807) is 7.11 Å². The summed E-state index contributed by atoms with van der Waals surface area (Å²) in [6, 6.07) is 5.73. The molecule has 0 spiro atoms. The van der Waals surface area contributed by atoms with Crippen LogP contribution in [0.1, 0.15) is 32.3 Å². The SMILES string of the molecule is CCCC(C)Oc1cc(OC)ccc1CCl. The fourth-order valence-electron chi connectivity index (χ4n) is 1.56. The molecule has 0 heterocycles. The molecule has 1 rings (SSSR count). The van der Waals surface area contributed by atoms with Crippen molar-refractivity contribution in [3.63, 3.8) is 0 Å². The van der Waals surface area contributed by atoms with E-state index in [4.69, 9.17) is 21.1 Å². The average Bonchev–Trinajstić information content (AvgIpc) is 2.29. The van der Waals surface area contributed by atoms with E-state index in [0.29, 0.717) is 5.88 Å². The van der Waals surface area contributed by atoms with E-state index >= 15 is 0 Å². The van der Waals surface area contributed by atoms with Crippen LogP contribution in [0, 0.1) is 0 Å². The van der Waals surface area contributed by atoms with E-state index in [-0.39, 0.29) is 6.10 Å². The third-order valence-corrected chi connectivity index (χ3v) is 2.73. The van der Waals surface area contributed by atoms with Crippen LogP contribution in [0.25, 0.3) is 0 Å². The first-order chi connectivity index (χ1) is 7.71. The van der Waals surface area contributed by atoms with Crippen LogP contribution in [0.3, 0.4) is 0 Å². The number of methoxy groups -OCH3 is 1. The molecule has 0 aliphatic heterocycles. The van der Waals surface area contributed by atoms with E-state index in [1.807, 2.05) is 18.2 Å². The molecule has 0 bridgehead atoms. The van der Waals surface area contributed by atoms with Gasteiger partial charge in [-0.2, -0.15) is 0 Å². The van der Waals surface area contributed by atoms with Crippen LogP contribution in [0.5, 0.6) is 11.5 Å². The largest absolute Gasteiger partial charge is 0.497 e. The summed E-state index contributed by atoms with van der Waals surface area (Å²) in [7, 11) is 1.65. The highest BCUT2D eigenvalue weighted by Gasteiger charge is 2.08. The summed E-state index contributed by atoms with van der Waals surface area (Å²) in [6.07, 6.45) is 2.36. The minimum Gasteiger partial charge on any atom is -0.497 e. The van der Waals surface area contributed by atoms with Gasteiger partial charge in [0, 0.05) is 11.6 Å². The third-order valence-electron chi connectivity index (χ3n) is 2.44. The van der Waals surface area contributed by atoms with Crippen molar-refractivity contribution in [1.29, 1.82) is 0 Å². The lowest BCUT2D eigenvalue weighted by atomic mass is 10.2. The monoisotopic (exact) mass is 242 g/mol. The Bertz CT molecular complexity index is 326.